The first-order valence-electron chi connectivity index (χ1n) is 4.77. The van der Waals surface area contributed by atoms with Crippen LogP contribution in [0.25, 0.3) is 0 Å². The number of hydrogen-bond donors (Lipinski definition) is 1. The van der Waals surface area contributed by atoms with Crippen LogP contribution in [-0.4, -0.2) is 25.1 Å². The molecular formula is C11H15BrFNS. The van der Waals surface area contributed by atoms with Gasteiger partial charge < -0.3 is 5.32 Å². The highest BCUT2D eigenvalue weighted by atomic mass is 79.9. The van der Waals surface area contributed by atoms with Crippen molar-refractivity contribution >= 4 is 27.7 Å². The standard InChI is InChI=1S/C11H15BrFNS/c1-14-10(7-15-2)5-8-3-4-9(13)6-11(8)12/h3-4,6,10,14H,5,7H2,1-2H3. The zero-order chi connectivity index (χ0) is 11.3. The Hall–Kier alpha value is -0.0600. The first kappa shape index (κ1) is 13.0. The molecule has 1 aromatic rings. The van der Waals surface area contributed by atoms with E-state index in [0.29, 0.717) is 6.04 Å². The molecule has 0 aromatic heterocycles. The Balaban J connectivity index is 2.70. The van der Waals surface area contributed by atoms with E-state index in [1.165, 1.54) is 12.1 Å². The van der Waals surface area contributed by atoms with E-state index in [2.05, 4.69) is 27.5 Å². The van der Waals surface area contributed by atoms with Crippen LogP contribution in [0.2, 0.25) is 0 Å². The molecule has 1 unspecified atom stereocenters. The van der Waals surface area contributed by atoms with Crippen LogP contribution in [0.15, 0.2) is 22.7 Å². The second kappa shape index (κ2) is 6.51. The molecule has 1 nitrogen and oxygen atoms in total. The summed E-state index contributed by atoms with van der Waals surface area (Å²) in [6.45, 7) is 0. The predicted octanol–water partition coefficient (Wildman–Crippen LogP) is 3.08. The third-order valence-electron chi connectivity index (χ3n) is 2.26. The van der Waals surface area contributed by atoms with Crippen LogP contribution in [-0.2, 0) is 6.42 Å². The van der Waals surface area contributed by atoms with Crippen molar-refractivity contribution in [2.75, 3.05) is 19.1 Å². The fourth-order valence-corrected chi connectivity index (χ4v) is 2.60. The van der Waals surface area contributed by atoms with Crippen molar-refractivity contribution in [2.45, 2.75) is 12.5 Å². The lowest BCUT2D eigenvalue weighted by Crippen LogP contribution is -2.30. The lowest BCUT2D eigenvalue weighted by Gasteiger charge is -2.15. The molecule has 0 aliphatic rings. The number of nitrogens with one attached hydrogen (secondary N) is 1. The van der Waals surface area contributed by atoms with Crippen LogP contribution in [0.4, 0.5) is 4.39 Å². The van der Waals surface area contributed by atoms with Crippen LogP contribution < -0.4 is 5.32 Å². The van der Waals surface area contributed by atoms with Crippen LogP contribution in [0, 0.1) is 5.82 Å². The number of hydrogen-bond acceptors (Lipinski definition) is 2. The lowest BCUT2D eigenvalue weighted by molar-refractivity contribution is 0.608. The molecule has 0 spiro atoms. The highest BCUT2D eigenvalue weighted by Gasteiger charge is 2.09. The van der Waals surface area contributed by atoms with Gasteiger partial charge in [-0.3, -0.25) is 0 Å². The molecule has 0 fully saturated rings. The molecule has 0 aliphatic carbocycles. The molecule has 1 aromatic carbocycles. The quantitative estimate of drug-likeness (QED) is 0.895. The van der Waals surface area contributed by atoms with Gasteiger partial charge in [0.15, 0.2) is 0 Å². The molecule has 0 bridgehead atoms. The maximum Gasteiger partial charge on any atom is 0.124 e. The van der Waals surface area contributed by atoms with Crippen molar-refractivity contribution in [3.05, 3.63) is 34.1 Å². The van der Waals surface area contributed by atoms with Crippen molar-refractivity contribution in [2.24, 2.45) is 0 Å². The van der Waals surface area contributed by atoms with Crippen molar-refractivity contribution < 1.29 is 4.39 Å². The normalized spacial score (nSPS) is 12.8. The maximum absolute atomic E-state index is 12.9. The molecular weight excluding hydrogens is 277 g/mol. The number of halogens is 2. The Morgan fingerprint density at radius 2 is 2.27 bits per heavy atom. The van der Waals surface area contributed by atoms with Crippen LogP contribution in [0.1, 0.15) is 5.56 Å². The summed E-state index contributed by atoms with van der Waals surface area (Å²) in [6, 6.07) is 5.29. The van der Waals surface area contributed by atoms with Gasteiger partial charge in [0.25, 0.3) is 0 Å². The van der Waals surface area contributed by atoms with Gasteiger partial charge in [0.2, 0.25) is 0 Å². The fraction of sp³-hybridized carbons (Fsp3) is 0.455. The molecule has 0 radical (unpaired) electrons. The van der Waals surface area contributed by atoms with Gasteiger partial charge in [-0.2, -0.15) is 11.8 Å². The van der Waals surface area contributed by atoms with E-state index < -0.39 is 0 Å². The molecule has 1 atom stereocenters. The topological polar surface area (TPSA) is 12.0 Å². The number of rotatable bonds is 5. The van der Waals surface area contributed by atoms with Crippen LogP contribution >= 0.6 is 27.7 Å². The summed E-state index contributed by atoms with van der Waals surface area (Å²) in [5, 5.41) is 3.26. The minimum Gasteiger partial charge on any atom is -0.316 e. The second-order valence-corrected chi connectivity index (χ2v) is 5.15. The van der Waals surface area contributed by atoms with Gasteiger partial charge in [0.1, 0.15) is 5.82 Å². The molecule has 0 amide bonds. The Bertz CT molecular complexity index is 319. The number of benzene rings is 1. The van der Waals surface area contributed by atoms with Gasteiger partial charge in [-0.25, -0.2) is 4.39 Å². The van der Waals surface area contributed by atoms with E-state index in [0.717, 1.165) is 22.2 Å². The first-order valence-corrected chi connectivity index (χ1v) is 6.96. The summed E-state index contributed by atoms with van der Waals surface area (Å²) in [7, 11) is 1.96. The SMILES string of the molecule is CNC(CSC)Cc1ccc(F)cc1Br. The van der Waals surface area contributed by atoms with Crippen LogP contribution in [0.3, 0.4) is 0 Å². The van der Waals surface area contributed by atoms with Crippen molar-refractivity contribution in [3.8, 4) is 0 Å². The first-order chi connectivity index (χ1) is 7.17. The minimum atomic E-state index is -0.198. The summed E-state index contributed by atoms with van der Waals surface area (Å²) in [5.41, 5.74) is 1.14. The molecule has 1 rings (SSSR count). The van der Waals surface area contributed by atoms with Crippen molar-refractivity contribution in [1.29, 1.82) is 0 Å². The Morgan fingerprint density at radius 1 is 1.53 bits per heavy atom. The number of likely N-dealkylation sites (N-methyl/N-ethyl adjacent to an activating group) is 1. The van der Waals surface area contributed by atoms with E-state index in [-0.39, 0.29) is 5.82 Å². The Morgan fingerprint density at radius 3 is 2.80 bits per heavy atom. The van der Waals surface area contributed by atoms with Gasteiger partial charge >= 0.3 is 0 Å². The van der Waals surface area contributed by atoms with Crippen molar-refractivity contribution in [1.82, 2.24) is 5.32 Å². The highest BCUT2D eigenvalue weighted by molar-refractivity contribution is 9.10. The van der Waals surface area contributed by atoms with Gasteiger partial charge in [-0.15, -0.1) is 0 Å². The maximum atomic E-state index is 12.9. The summed E-state index contributed by atoms with van der Waals surface area (Å²) in [4.78, 5) is 0. The van der Waals surface area contributed by atoms with E-state index in [4.69, 9.17) is 0 Å². The zero-order valence-electron chi connectivity index (χ0n) is 8.89. The van der Waals surface area contributed by atoms with E-state index in [1.54, 1.807) is 0 Å². The molecule has 0 aliphatic heterocycles. The van der Waals surface area contributed by atoms with Gasteiger partial charge in [0, 0.05) is 16.3 Å². The minimum absolute atomic E-state index is 0.198. The van der Waals surface area contributed by atoms with E-state index in [9.17, 15) is 4.39 Å². The number of thioether (sulfide) groups is 1. The second-order valence-electron chi connectivity index (χ2n) is 3.38. The van der Waals surface area contributed by atoms with Crippen LogP contribution in [0.5, 0.6) is 0 Å². The molecule has 0 saturated carbocycles. The molecule has 4 heteroatoms. The van der Waals surface area contributed by atoms with Gasteiger partial charge in [0.05, 0.1) is 0 Å². The molecule has 0 saturated heterocycles. The van der Waals surface area contributed by atoms with Gasteiger partial charge in [-0.1, -0.05) is 22.0 Å². The van der Waals surface area contributed by atoms with Gasteiger partial charge in [-0.05, 0) is 37.4 Å². The summed E-state index contributed by atoms with van der Waals surface area (Å²) in [5.74, 6) is 0.858. The Kier molecular flexibility index (Phi) is 5.64. The molecule has 0 heterocycles. The summed E-state index contributed by atoms with van der Waals surface area (Å²) >= 11 is 5.19. The molecule has 15 heavy (non-hydrogen) atoms. The van der Waals surface area contributed by atoms with Crippen molar-refractivity contribution in [3.63, 3.8) is 0 Å². The predicted molar refractivity (Wildman–Crippen MR) is 69.0 cm³/mol. The molecule has 1 N–H and O–H groups in total. The highest BCUT2D eigenvalue weighted by Crippen LogP contribution is 2.20. The zero-order valence-corrected chi connectivity index (χ0v) is 11.3. The summed E-state index contributed by atoms with van der Waals surface area (Å²) in [6.07, 6.45) is 3.00. The van der Waals surface area contributed by atoms with E-state index in [1.807, 2.05) is 24.9 Å². The lowest BCUT2D eigenvalue weighted by atomic mass is 10.1. The fourth-order valence-electron chi connectivity index (χ4n) is 1.40. The Labute approximate surface area is 103 Å². The van der Waals surface area contributed by atoms with E-state index >= 15 is 0 Å². The average Bonchev–Trinajstić information content (AvgIpc) is 2.21. The summed E-state index contributed by atoms with van der Waals surface area (Å²) < 4.78 is 13.7. The smallest absolute Gasteiger partial charge is 0.124 e. The third kappa shape index (κ3) is 4.13. The molecule has 84 valence electrons. The largest absolute Gasteiger partial charge is 0.316 e. The third-order valence-corrected chi connectivity index (χ3v) is 3.73. The average molecular weight is 292 g/mol. The monoisotopic (exact) mass is 291 g/mol.